The predicted molar refractivity (Wildman–Crippen MR) is 237 cm³/mol. The molecule has 0 spiro atoms. The second kappa shape index (κ2) is 27.4. The van der Waals surface area contributed by atoms with Gasteiger partial charge in [0.1, 0.15) is 0 Å². The van der Waals surface area contributed by atoms with Crippen LogP contribution in [0.2, 0.25) is 0 Å². The number of rotatable bonds is 5. The molecular weight excluding hydrogens is 728 g/mol. The van der Waals surface area contributed by atoms with Gasteiger partial charge in [-0.3, -0.25) is 0 Å². The zero-order valence-corrected chi connectivity index (χ0v) is 36.1. The molecule has 2 aromatic carbocycles. The van der Waals surface area contributed by atoms with Gasteiger partial charge in [0.2, 0.25) is 0 Å². The summed E-state index contributed by atoms with van der Waals surface area (Å²) in [5, 5.41) is 11.2. The van der Waals surface area contributed by atoms with Crippen molar-refractivity contribution in [2.45, 2.75) is 89.6 Å². The molecule has 1 aromatic heterocycles. The van der Waals surface area contributed by atoms with Gasteiger partial charge in [0.05, 0.1) is 11.6 Å². The van der Waals surface area contributed by atoms with Crippen molar-refractivity contribution in [3.05, 3.63) is 131 Å². The van der Waals surface area contributed by atoms with Crippen molar-refractivity contribution in [3.63, 3.8) is 0 Å². The zero-order chi connectivity index (χ0) is 40.6. The van der Waals surface area contributed by atoms with Crippen molar-refractivity contribution in [2.24, 2.45) is 0 Å². The number of nitrogens with zero attached hydrogens (tertiary/aromatic N) is 8. The van der Waals surface area contributed by atoms with E-state index >= 15 is 0 Å². The van der Waals surface area contributed by atoms with Crippen LogP contribution in [-0.2, 0) is 23.6 Å². The minimum atomic E-state index is 0. The van der Waals surface area contributed by atoms with Crippen molar-refractivity contribution >= 4 is 45.7 Å². The van der Waals surface area contributed by atoms with E-state index in [4.69, 9.17) is 35.2 Å². The van der Waals surface area contributed by atoms with Crippen LogP contribution in [0.5, 0.6) is 0 Å². The average Bonchev–Trinajstić information content (AvgIpc) is 3.77. The van der Waals surface area contributed by atoms with Crippen molar-refractivity contribution in [2.75, 3.05) is 7.05 Å². The quantitative estimate of drug-likeness (QED) is 0.186. The topological polar surface area (TPSA) is 106 Å². The number of hydrogen-bond acceptors (Lipinski definition) is 6. The van der Waals surface area contributed by atoms with Crippen LogP contribution in [0.3, 0.4) is 0 Å². The minimum absolute atomic E-state index is 0. The maximum Gasteiger partial charge on any atom is 2.00 e. The van der Waals surface area contributed by atoms with Crippen LogP contribution in [0.15, 0.2) is 92.2 Å². The molecule has 3 aromatic rings. The molecule has 0 atom stereocenters. The Kier molecular flexibility index (Phi) is 24.8. The molecule has 0 fully saturated rings. The Morgan fingerprint density at radius 1 is 0.618 bits per heavy atom. The molecule has 0 N–H and O–H groups in total. The summed E-state index contributed by atoms with van der Waals surface area (Å²) in [5.74, 6) is 3.16. The van der Waals surface area contributed by atoms with E-state index in [0.717, 1.165) is 49.9 Å². The SMILES string of the molecule is C=CC1=C(/C=C\C)c2ncc(C=C)c(/C=C\C)c([N-]C)nc3nc(nc4c5ccccc5c(nc1n2)[N-]C4)-c1ccccc1-3.CC.CC.CC.CC.CC.[Cu+2]. The Balaban J connectivity index is 0.00000246. The summed E-state index contributed by atoms with van der Waals surface area (Å²) < 4.78 is 0. The third-order valence-corrected chi connectivity index (χ3v) is 7.31. The molecule has 3 aliphatic heterocycles. The summed E-state index contributed by atoms with van der Waals surface area (Å²) >= 11 is 0. The van der Waals surface area contributed by atoms with Crippen LogP contribution < -0.4 is 0 Å². The smallest absolute Gasteiger partial charge is 0.468 e. The molecule has 0 unspecified atom stereocenters. The Hall–Kier alpha value is -5.24. The second-order valence-electron chi connectivity index (χ2n) is 9.94. The van der Waals surface area contributed by atoms with Gasteiger partial charge in [-0.15, -0.1) is 0 Å². The molecule has 6 rings (SSSR count). The van der Waals surface area contributed by atoms with Crippen LogP contribution in [0.4, 0.5) is 11.6 Å². The molecule has 0 saturated carbocycles. The number of aromatic nitrogens is 6. The van der Waals surface area contributed by atoms with Crippen molar-refractivity contribution in [1.82, 2.24) is 29.9 Å². The van der Waals surface area contributed by atoms with Crippen molar-refractivity contribution in [3.8, 4) is 22.8 Å². The van der Waals surface area contributed by atoms with E-state index in [-0.39, 0.29) is 17.1 Å². The van der Waals surface area contributed by atoms with Gasteiger partial charge in [0.15, 0.2) is 11.6 Å². The molecule has 295 valence electrons. The molecule has 0 saturated heterocycles. The van der Waals surface area contributed by atoms with E-state index in [0.29, 0.717) is 41.5 Å². The molecule has 9 heteroatoms. The van der Waals surface area contributed by atoms with E-state index in [9.17, 15) is 0 Å². The zero-order valence-electron chi connectivity index (χ0n) is 35.2. The second-order valence-corrected chi connectivity index (χ2v) is 9.94. The summed E-state index contributed by atoms with van der Waals surface area (Å²) in [4.78, 5) is 29.5. The van der Waals surface area contributed by atoms with Gasteiger partial charge >= 0.3 is 17.1 Å². The maximum atomic E-state index is 5.06. The molecule has 4 heterocycles. The predicted octanol–water partition coefficient (Wildman–Crippen LogP) is 14.2. The van der Waals surface area contributed by atoms with E-state index < -0.39 is 0 Å². The first kappa shape index (κ1) is 49.8. The van der Waals surface area contributed by atoms with E-state index in [1.54, 1.807) is 25.4 Å². The molecule has 3 aliphatic rings. The normalized spacial score (nSPS) is 10.9. The van der Waals surface area contributed by atoms with Crippen LogP contribution in [0, 0.1) is 0 Å². The summed E-state index contributed by atoms with van der Waals surface area (Å²) in [7, 11) is 1.71. The van der Waals surface area contributed by atoms with Gasteiger partial charge in [0, 0.05) is 39.6 Å². The van der Waals surface area contributed by atoms with Crippen LogP contribution in [0.1, 0.15) is 112 Å². The van der Waals surface area contributed by atoms with E-state index in [2.05, 4.69) is 18.5 Å². The first-order valence-corrected chi connectivity index (χ1v) is 19.3. The number of hydrogen-bond donors (Lipinski definition) is 0. The van der Waals surface area contributed by atoms with Gasteiger partial charge in [-0.05, 0) is 36.9 Å². The molecular formula is C46H60CuN8. The third kappa shape index (κ3) is 11.9. The molecule has 55 heavy (non-hydrogen) atoms. The van der Waals surface area contributed by atoms with Gasteiger partial charge in [0.25, 0.3) is 0 Å². The van der Waals surface area contributed by atoms with Gasteiger partial charge in [-0.25, -0.2) is 19.9 Å². The minimum Gasteiger partial charge on any atom is -0.468 e. The van der Waals surface area contributed by atoms with Crippen molar-refractivity contribution in [1.29, 1.82) is 0 Å². The Bertz CT molecular complexity index is 2030. The van der Waals surface area contributed by atoms with Gasteiger partial charge < -0.3 is 20.6 Å². The number of benzene rings is 2. The summed E-state index contributed by atoms with van der Waals surface area (Å²) in [6.07, 6.45) is 13.0. The van der Waals surface area contributed by atoms with Gasteiger partial charge in [-0.1, -0.05) is 186 Å². The third-order valence-electron chi connectivity index (χ3n) is 7.31. The molecule has 0 aliphatic carbocycles. The van der Waals surface area contributed by atoms with Crippen LogP contribution in [-0.4, -0.2) is 37.0 Å². The number of allylic oxidation sites excluding steroid dienone is 6. The van der Waals surface area contributed by atoms with Crippen molar-refractivity contribution < 1.29 is 17.1 Å². The fraction of sp³-hybridized carbons (Fsp3) is 0.304. The van der Waals surface area contributed by atoms with Crippen LogP contribution >= 0.6 is 0 Å². The van der Waals surface area contributed by atoms with E-state index in [1.807, 2.05) is 156 Å². The maximum absolute atomic E-state index is 5.06. The Labute approximate surface area is 342 Å². The first-order chi connectivity index (χ1) is 26.6. The molecule has 6 bridgehead atoms. The molecule has 0 amide bonds. The monoisotopic (exact) mass is 787 g/mol. The Morgan fingerprint density at radius 3 is 1.71 bits per heavy atom. The Morgan fingerprint density at radius 2 is 1.16 bits per heavy atom. The number of fused-ring (bicyclic) bond motifs is 7. The standard InChI is InChI=1S/C36H30N8.5C2H6.Cu/c1-6-14-24-22(8-3)20-38-32-26(15-7-2)23(9-4)34(42-32)43-33-27-17-11-10-16-25(27)30(21-39-33)40-35-28-18-12-13-19-29(28)36(44-35)41-31(24)37-5;5*1-2;/h6-20H,3-4,21H2,1-2,5H3;5*1-2H3;/q-2;;;;;;+2/b14-6-,15-7-;;;;;;. The van der Waals surface area contributed by atoms with Gasteiger partial charge in [-0.2, -0.15) is 0 Å². The largest absolute Gasteiger partial charge is 2.00 e. The summed E-state index contributed by atoms with van der Waals surface area (Å²) in [6.45, 7) is 32.3. The van der Waals surface area contributed by atoms with Crippen LogP contribution in [0.25, 0.3) is 67.5 Å². The van der Waals surface area contributed by atoms with E-state index in [1.165, 1.54) is 0 Å². The fourth-order valence-corrected chi connectivity index (χ4v) is 5.27. The molecule has 8 nitrogen and oxygen atoms in total. The summed E-state index contributed by atoms with van der Waals surface area (Å²) in [6, 6.07) is 15.9. The average molecular weight is 789 g/mol. The summed E-state index contributed by atoms with van der Waals surface area (Å²) in [5.41, 5.74) is 5.61. The first-order valence-electron chi connectivity index (χ1n) is 19.3. The molecule has 1 radical (unpaired) electrons. The fourth-order valence-electron chi connectivity index (χ4n) is 5.27.